The first-order valence-electron chi connectivity index (χ1n) is 1.16. The van der Waals surface area contributed by atoms with E-state index < -0.39 is 7.32 Å². The van der Waals surface area contributed by atoms with Gasteiger partial charge < -0.3 is 14.7 Å². The molecule has 0 spiro atoms. The fraction of sp³-hybridized carbons (Fsp3) is 1.00. The monoisotopic (exact) mass is 116 g/mol. The molecule has 0 heterocycles. The fourth-order valence-corrected chi connectivity index (χ4v) is 0. The summed E-state index contributed by atoms with van der Waals surface area (Å²) >= 11 is 0. The van der Waals surface area contributed by atoms with Crippen molar-refractivity contribution in [2.24, 2.45) is 0 Å². The molecule has 0 radical (unpaired) electrons. The zero-order valence-corrected chi connectivity index (χ0v) is 2.88. The SMILES string of the molecule is COB(O)O.[KH]. The Kier molecular flexibility index (Phi) is 11.6. The van der Waals surface area contributed by atoms with E-state index in [4.69, 9.17) is 10.0 Å². The third-order valence-electron chi connectivity index (χ3n) is 0.211. The Bertz CT molecular complexity index is 24.8. The van der Waals surface area contributed by atoms with Gasteiger partial charge in [0.25, 0.3) is 0 Å². The molecule has 0 rings (SSSR count). The van der Waals surface area contributed by atoms with Crippen molar-refractivity contribution < 1.29 is 14.7 Å². The maximum atomic E-state index is 7.69. The fourth-order valence-electron chi connectivity index (χ4n) is 0. The first kappa shape index (κ1) is 10.5. The quantitative estimate of drug-likeness (QED) is 0.388. The van der Waals surface area contributed by atoms with E-state index in [1.165, 1.54) is 7.11 Å². The van der Waals surface area contributed by atoms with Crippen LogP contribution in [0.2, 0.25) is 0 Å². The van der Waals surface area contributed by atoms with Crippen molar-refractivity contribution in [3.63, 3.8) is 0 Å². The van der Waals surface area contributed by atoms with Crippen LogP contribution in [0, 0.1) is 0 Å². The minimum absolute atomic E-state index is 0. The van der Waals surface area contributed by atoms with Crippen molar-refractivity contribution in [3.05, 3.63) is 0 Å². The van der Waals surface area contributed by atoms with Gasteiger partial charge >= 0.3 is 58.7 Å². The first-order chi connectivity index (χ1) is 2.27. The third kappa shape index (κ3) is 9.13. The molecule has 0 aromatic carbocycles. The van der Waals surface area contributed by atoms with Crippen LogP contribution in [0.15, 0.2) is 0 Å². The van der Waals surface area contributed by atoms with Gasteiger partial charge in [-0.3, -0.25) is 0 Å². The van der Waals surface area contributed by atoms with Gasteiger partial charge in [-0.05, 0) is 0 Å². The molecule has 5 heteroatoms. The predicted octanol–water partition coefficient (Wildman–Crippen LogP) is -2.05. The van der Waals surface area contributed by atoms with E-state index in [2.05, 4.69) is 4.65 Å². The van der Waals surface area contributed by atoms with Crippen molar-refractivity contribution in [2.45, 2.75) is 0 Å². The van der Waals surface area contributed by atoms with Crippen molar-refractivity contribution in [2.75, 3.05) is 7.11 Å². The molecular weight excluding hydrogens is 110 g/mol. The average molecular weight is 116 g/mol. The summed E-state index contributed by atoms with van der Waals surface area (Å²) in [7, 11) is -0.417. The van der Waals surface area contributed by atoms with Gasteiger partial charge in [-0.2, -0.15) is 0 Å². The Morgan fingerprint density at radius 1 is 1.50 bits per heavy atom. The van der Waals surface area contributed by atoms with Crippen LogP contribution in [0.25, 0.3) is 0 Å². The van der Waals surface area contributed by atoms with E-state index in [1.54, 1.807) is 0 Å². The Balaban J connectivity index is 0. The van der Waals surface area contributed by atoms with Gasteiger partial charge in [-0.15, -0.1) is 0 Å². The molecule has 0 saturated carbocycles. The van der Waals surface area contributed by atoms with Gasteiger partial charge in [0, 0.05) is 7.11 Å². The summed E-state index contributed by atoms with van der Waals surface area (Å²) in [6.45, 7) is 0. The second-order valence-corrected chi connectivity index (χ2v) is 0.562. The molecular formula is CH6BKO3. The zero-order chi connectivity index (χ0) is 4.28. The van der Waals surface area contributed by atoms with Gasteiger partial charge in [0.05, 0.1) is 0 Å². The number of hydrogen-bond donors (Lipinski definition) is 2. The molecule has 0 bridgehead atoms. The molecule has 2 N–H and O–H groups in total. The van der Waals surface area contributed by atoms with Crippen molar-refractivity contribution in [3.8, 4) is 0 Å². The van der Waals surface area contributed by atoms with Gasteiger partial charge in [0.15, 0.2) is 0 Å². The summed E-state index contributed by atoms with van der Waals surface area (Å²) in [4.78, 5) is 0. The molecule has 0 saturated heterocycles. The molecule has 0 unspecified atom stereocenters. The molecule has 0 amide bonds. The molecule has 0 fully saturated rings. The zero-order valence-electron chi connectivity index (χ0n) is 2.88. The van der Waals surface area contributed by atoms with Crippen LogP contribution in [0.5, 0.6) is 0 Å². The Hall–Kier alpha value is 1.58. The summed E-state index contributed by atoms with van der Waals surface area (Å²) in [5.74, 6) is 0. The minimum atomic E-state index is -1.62. The van der Waals surface area contributed by atoms with E-state index in [0.29, 0.717) is 0 Å². The molecule has 0 aromatic heterocycles. The van der Waals surface area contributed by atoms with Gasteiger partial charge in [-0.25, -0.2) is 0 Å². The standard InChI is InChI=1S/CH5BO3.K.H/c1-5-2(3)4;;/h3-4H,1H3;;. The Morgan fingerprint density at radius 3 is 1.67 bits per heavy atom. The van der Waals surface area contributed by atoms with Gasteiger partial charge in [0.1, 0.15) is 0 Å². The molecule has 0 aliphatic carbocycles. The van der Waals surface area contributed by atoms with E-state index in [0.717, 1.165) is 0 Å². The Morgan fingerprint density at radius 2 is 1.67 bits per heavy atom. The summed E-state index contributed by atoms with van der Waals surface area (Å²) < 4.78 is 3.86. The van der Waals surface area contributed by atoms with E-state index in [9.17, 15) is 0 Å². The molecule has 0 aliphatic heterocycles. The van der Waals surface area contributed by atoms with Crippen LogP contribution < -0.4 is 0 Å². The van der Waals surface area contributed by atoms with Crippen molar-refractivity contribution in [1.29, 1.82) is 0 Å². The summed E-state index contributed by atoms with van der Waals surface area (Å²) in [5, 5.41) is 15.4. The summed E-state index contributed by atoms with van der Waals surface area (Å²) in [5.41, 5.74) is 0. The third-order valence-corrected chi connectivity index (χ3v) is 0.211. The maximum absolute atomic E-state index is 7.69. The molecule has 0 aliphatic rings. The second-order valence-electron chi connectivity index (χ2n) is 0.562. The predicted molar refractivity (Wildman–Crippen MR) is 24.3 cm³/mol. The molecule has 32 valence electrons. The van der Waals surface area contributed by atoms with Crippen LogP contribution in [0.4, 0.5) is 0 Å². The van der Waals surface area contributed by atoms with Crippen LogP contribution in [-0.2, 0) is 4.65 Å². The Labute approximate surface area is 79.3 Å². The second kappa shape index (κ2) is 6.58. The molecule has 3 nitrogen and oxygen atoms in total. The normalized spacial score (nSPS) is 6.50. The average Bonchev–Trinajstić information content (AvgIpc) is 1.38. The molecule has 6 heavy (non-hydrogen) atoms. The van der Waals surface area contributed by atoms with Crippen molar-refractivity contribution in [1.82, 2.24) is 0 Å². The first-order valence-corrected chi connectivity index (χ1v) is 1.16. The van der Waals surface area contributed by atoms with E-state index in [1.807, 2.05) is 0 Å². The summed E-state index contributed by atoms with van der Waals surface area (Å²) in [6.07, 6.45) is 0. The molecule has 0 aromatic rings. The van der Waals surface area contributed by atoms with Crippen LogP contribution in [-0.4, -0.2) is 75.9 Å². The topological polar surface area (TPSA) is 49.7 Å². The number of hydrogen-bond acceptors (Lipinski definition) is 3. The van der Waals surface area contributed by atoms with Crippen LogP contribution in [0.1, 0.15) is 0 Å². The van der Waals surface area contributed by atoms with Crippen molar-refractivity contribution >= 4 is 58.7 Å². The van der Waals surface area contributed by atoms with Crippen LogP contribution in [0.3, 0.4) is 0 Å². The van der Waals surface area contributed by atoms with Crippen LogP contribution >= 0.6 is 0 Å². The van der Waals surface area contributed by atoms with E-state index in [-0.39, 0.29) is 51.4 Å². The van der Waals surface area contributed by atoms with E-state index >= 15 is 0 Å². The van der Waals surface area contributed by atoms with Gasteiger partial charge in [-0.1, -0.05) is 0 Å². The van der Waals surface area contributed by atoms with Gasteiger partial charge in [0.2, 0.25) is 0 Å². The molecule has 0 atom stereocenters. The number of rotatable bonds is 1. The summed E-state index contributed by atoms with van der Waals surface area (Å²) in [6, 6.07) is 0.